The summed E-state index contributed by atoms with van der Waals surface area (Å²) < 4.78 is 2.01. The van der Waals surface area contributed by atoms with Crippen molar-refractivity contribution in [3.63, 3.8) is 0 Å². The number of hydrogen-bond acceptors (Lipinski definition) is 3. The molecule has 3 aromatic rings. The molecule has 6 nitrogen and oxygen atoms in total. The van der Waals surface area contributed by atoms with Gasteiger partial charge in [-0.3, -0.25) is 14.0 Å². The molecular weight excluding hydrogens is 340 g/mol. The quantitative estimate of drug-likeness (QED) is 0.725. The molecule has 1 aliphatic carbocycles. The van der Waals surface area contributed by atoms with Crippen LogP contribution in [0.25, 0.3) is 22.6 Å². The van der Waals surface area contributed by atoms with Gasteiger partial charge in [0.05, 0.1) is 17.2 Å². The number of benzene rings is 1. The van der Waals surface area contributed by atoms with E-state index in [2.05, 4.69) is 9.97 Å². The summed E-state index contributed by atoms with van der Waals surface area (Å²) in [5.41, 5.74) is 3.06. The van der Waals surface area contributed by atoms with Crippen LogP contribution in [-0.2, 0) is 4.79 Å². The van der Waals surface area contributed by atoms with Crippen molar-refractivity contribution in [1.29, 1.82) is 0 Å². The smallest absolute Gasteiger partial charge is 0.274 e. The Labute approximate surface area is 157 Å². The van der Waals surface area contributed by atoms with Gasteiger partial charge in [-0.05, 0) is 36.6 Å². The lowest BCUT2D eigenvalue weighted by molar-refractivity contribution is -0.123. The molecule has 1 N–H and O–H groups in total. The summed E-state index contributed by atoms with van der Waals surface area (Å²) in [4.78, 5) is 33.4. The molecular formula is C21H24N4O2. The number of H-pyrrole nitrogens is 1. The predicted octanol–water partition coefficient (Wildman–Crippen LogP) is 3.32. The molecule has 0 saturated heterocycles. The van der Waals surface area contributed by atoms with E-state index in [-0.39, 0.29) is 11.5 Å². The first-order valence-electron chi connectivity index (χ1n) is 9.47. The Bertz CT molecular complexity index is 1080. The second kappa shape index (κ2) is 7.02. The summed E-state index contributed by atoms with van der Waals surface area (Å²) in [5, 5.41) is 0. The normalized spacial score (nSPS) is 15.8. The summed E-state index contributed by atoms with van der Waals surface area (Å²) >= 11 is 0. The fourth-order valence-electron chi connectivity index (χ4n) is 3.87. The molecule has 1 aromatic carbocycles. The minimum absolute atomic E-state index is 0.0627. The number of aromatic nitrogens is 3. The number of likely N-dealkylation sites (N-methyl/N-ethyl adjacent to an activating group) is 1. The average Bonchev–Trinajstić information content (AvgIpc) is 3.13. The molecule has 0 radical (unpaired) electrons. The predicted molar refractivity (Wildman–Crippen MR) is 107 cm³/mol. The van der Waals surface area contributed by atoms with E-state index in [4.69, 9.17) is 0 Å². The third kappa shape index (κ3) is 3.27. The van der Waals surface area contributed by atoms with Crippen LogP contribution in [0.15, 0.2) is 35.3 Å². The molecule has 2 aromatic heterocycles. The monoisotopic (exact) mass is 364 g/mol. The summed E-state index contributed by atoms with van der Waals surface area (Å²) in [7, 11) is 3.45. The fourth-order valence-corrected chi connectivity index (χ4v) is 3.87. The molecule has 27 heavy (non-hydrogen) atoms. The number of carbonyl (C=O) groups is 1. The summed E-state index contributed by atoms with van der Waals surface area (Å²) in [5.74, 6) is 1.30. The second-order valence-corrected chi connectivity index (χ2v) is 7.47. The molecule has 0 bridgehead atoms. The minimum Gasteiger partial charge on any atom is -0.345 e. The molecule has 1 saturated carbocycles. The Kier molecular flexibility index (Phi) is 4.56. The van der Waals surface area contributed by atoms with Crippen molar-refractivity contribution < 1.29 is 4.79 Å². The Hall–Kier alpha value is -2.89. The molecule has 1 amide bonds. The maximum Gasteiger partial charge on any atom is 0.274 e. The zero-order valence-electron chi connectivity index (χ0n) is 15.7. The Morgan fingerprint density at radius 3 is 2.74 bits per heavy atom. The van der Waals surface area contributed by atoms with Crippen LogP contribution in [0.2, 0.25) is 0 Å². The van der Waals surface area contributed by atoms with Gasteiger partial charge in [0.15, 0.2) is 0 Å². The van der Waals surface area contributed by atoms with Crippen LogP contribution in [0.5, 0.6) is 0 Å². The first kappa shape index (κ1) is 17.5. The summed E-state index contributed by atoms with van der Waals surface area (Å²) in [6, 6.07) is 5.80. The molecule has 2 heterocycles. The van der Waals surface area contributed by atoms with Gasteiger partial charge in [0.1, 0.15) is 11.3 Å². The Balaban J connectivity index is 1.87. The summed E-state index contributed by atoms with van der Waals surface area (Å²) in [6.45, 7) is 0. The van der Waals surface area contributed by atoms with E-state index in [1.54, 1.807) is 32.4 Å². The summed E-state index contributed by atoms with van der Waals surface area (Å²) in [6.07, 6.45) is 11.0. The number of aromatic amines is 1. The molecule has 1 aliphatic rings. The largest absolute Gasteiger partial charge is 0.345 e. The zero-order valence-corrected chi connectivity index (χ0v) is 15.7. The molecule has 0 atom stereocenters. The van der Waals surface area contributed by atoms with Gasteiger partial charge in [-0.1, -0.05) is 25.3 Å². The lowest BCUT2D eigenvalue weighted by atomic mass is 9.89. The van der Waals surface area contributed by atoms with Crippen LogP contribution >= 0.6 is 0 Å². The fraction of sp³-hybridized carbons (Fsp3) is 0.381. The van der Waals surface area contributed by atoms with E-state index in [0.717, 1.165) is 35.3 Å². The van der Waals surface area contributed by atoms with Gasteiger partial charge >= 0.3 is 0 Å². The lowest BCUT2D eigenvalue weighted by Crippen LogP contribution is -2.18. The zero-order chi connectivity index (χ0) is 19.0. The molecule has 140 valence electrons. The number of nitrogens with one attached hydrogen (secondary N) is 1. The Morgan fingerprint density at radius 2 is 2.00 bits per heavy atom. The van der Waals surface area contributed by atoms with E-state index in [0.29, 0.717) is 11.4 Å². The van der Waals surface area contributed by atoms with E-state index < -0.39 is 0 Å². The minimum atomic E-state index is -0.122. The highest BCUT2D eigenvalue weighted by atomic mass is 16.2. The van der Waals surface area contributed by atoms with Crippen molar-refractivity contribution in [2.24, 2.45) is 0 Å². The van der Waals surface area contributed by atoms with E-state index in [1.165, 1.54) is 24.2 Å². The lowest BCUT2D eigenvalue weighted by Gasteiger charge is -2.21. The molecule has 0 unspecified atom stereocenters. The third-order valence-corrected chi connectivity index (χ3v) is 5.36. The first-order valence-corrected chi connectivity index (χ1v) is 9.47. The van der Waals surface area contributed by atoms with Crippen LogP contribution in [0.3, 0.4) is 0 Å². The van der Waals surface area contributed by atoms with Crippen LogP contribution in [0.4, 0.5) is 0 Å². The highest BCUT2D eigenvalue weighted by Crippen LogP contribution is 2.33. The Morgan fingerprint density at radius 1 is 1.22 bits per heavy atom. The van der Waals surface area contributed by atoms with Crippen molar-refractivity contribution in [3.8, 4) is 0 Å². The number of hydrogen-bond donors (Lipinski definition) is 1. The van der Waals surface area contributed by atoms with Crippen LogP contribution in [0, 0.1) is 0 Å². The number of carbonyl (C=O) groups excluding carboxylic acids is 1. The van der Waals surface area contributed by atoms with E-state index >= 15 is 0 Å². The molecule has 0 aliphatic heterocycles. The number of fused-ring (bicyclic) bond motifs is 3. The van der Waals surface area contributed by atoms with Crippen molar-refractivity contribution in [2.45, 2.75) is 38.0 Å². The number of rotatable bonds is 3. The van der Waals surface area contributed by atoms with E-state index in [1.807, 2.05) is 22.6 Å². The van der Waals surface area contributed by atoms with Crippen molar-refractivity contribution in [1.82, 2.24) is 19.3 Å². The number of nitrogens with zero attached hydrogens (tertiary/aromatic N) is 3. The highest BCUT2D eigenvalue weighted by molar-refractivity contribution is 5.92. The highest BCUT2D eigenvalue weighted by Gasteiger charge is 2.21. The first-order chi connectivity index (χ1) is 13.0. The van der Waals surface area contributed by atoms with Crippen molar-refractivity contribution in [2.75, 3.05) is 14.1 Å². The topological polar surface area (TPSA) is 70.5 Å². The van der Waals surface area contributed by atoms with Gasteiger partial charge in [-0.15, -0.1) is 0 Å². The van der Waals surface area contributed by atoms with Gasteiger partial charge in [-0.2, -0.15) is 0 Å². The third-order valence-electron chi connectivity index (χ3n) is 5.36. The second-order valence-electron chi connectivity index (χ2n) is 7.47. The average molecular weight is 364 g/mol. The van der Waals surface area contributed by atoms with Crippen molar-refractivity contribution in [3.05, 3.63) is 52.2 Å². The van der Waals surface area contributed by atoms with Crippen LogP contribution in [0.1, 0.15) is 49.4 Å². The van der Waals surface area contributed by atoms with Crippen LogP contribution < -0.4 is 5.56 Å². The molecule has 4 rings (SSSR count). The van der Waals surface area contributed by atoms with Gasteiger partial charge in [0, 0.05) is 26.1 Å². The van der Waals surface area contributed by atoms with Crippen molar-refractivity contribution >= 4 is 28.5 Å². The molecule has 0 spiro atoms. The maximum atomic E-state index is 12.5. The van der Waals surface area contributed by atoms with Gasteiger partial charge in [0.2, 0.25) is 5.91 Å². The number of imidazole rings is 1. The van der Waals surface area contributed by atoms with Crippen LogP contribution in [-0.4, -0.2) is 39.3 Å². The van der Waals surface area contributed by atoms with Gasteiger partial charge in [0.25, 0.3) is 5.56 Å². The molecule has 1 fully saturated rings. The van der Waals surface area contributed by atoms with Gasteiger partial charge < -0.3 is 9.88 Å². The maximum absolute atomic E-state index is 12.5. The van der Waals surface area contributed by atoms with Gasteiger partial charge in [-0.25, -0.2) is 4.98 Å². The standard InChI is InChI=1S/C21H24N4O2/c1-24(2)19(26)11-9-14-8-10-16-17(12-14)25-18(21(27)23-16)13-22-20(25)15-6-4-3-5-7-15/h8-13,15H,3-7H2,1-2H3,(H,23,27)/b11-9+. The number of amides is 1. The SMILES string of the molecule is CN(C)C(=O)/C=C/c1ccc2[nH]c(=O)c3cnc(C4CCCCC4)n3c2c1. The molecule has 6 heteroatoms. The van der Waals surface area contributed by atoms with E-state index in [9.17, 15) is 9.59 Å².